The molecule has 1 aliphatic heterocycles. The number of carboxylic acid groups (broad SMARTS) is 2. The van der Waals surface area contributed by atoms with Crippen molar-refractivity contribution in [1.82, 2.24) is 9.97 Å². The largest absolute Gasteiger partial charge is 0.481 e. The maximum absolute atomic E-state index is 11.5. The summed E-state index contributed by atoms with van der Waals surface area (Å²) in [6.45, 7) is 2.95. The summed E-state index contributed by atoms with van der Waals surface area (Å²) in [7, 11) is 0. The van der Waals surface area contributed by atoms with E-state index in [4.69, 9.17) is 5.11 Å². The van der Waals surface area contributed by atoms with E-state index in [-0.39, 0.29) is 5.69 Å². The average Bonchev–Trinajstić information content (AvgIpc) is 2.47. The fourth-order valence-corrected chi connectivity index (χ4v) is 2.54. The topological polar surface area (TPSA) is 104 Å². The van der Waals surface area contributed by atoms with Crippen LogP contribution in [-0.2, 0) is 4.79 Å². The third-order valence-electron chi connectivity index (χ3n) is 3.89. The lowest BCUT2D eigenvalue weighted by Crippen LogP contribution is -2.48. The van der Waals surface area contributed by atoms with E-state index in [0.29, 0.717) is 31.7 Å². The summed E-state index contributed by atoms with van der Waals surface area (Å²) in [4.78, 5) is 32.0. The van der Waals surface area contributed by atoms with Gasteiger partial charge in [-0.05, 0) is 19.3 Å². The molecule has 0 amide bonds. The molecule has 108 valence electrons. The van der Waals surface area contributed by atoms with Gasteiger partial charge >= 0.3 is 11.9 Å². The van der Waals surface area contributed by atoms with Crippen molar-refractivity contribution in [2.24, 2.45) is 5.41 Å². The maximum atomic E-state index is 11.5. The summed E-state index contributed by atoms with van der Waals surface area (Å²) >= 11 is 0. The van der Waals surface area contributed by atoms with Crippen LogP contribution in [0.15, 0.2) is 12.4 Å². The number of carbonyl (C=O) groups is 2. The van der Waals surface area contributed by atoms with Crippen LogP contribution in [0.5, 0.6) is 0 Å². The molecule has 0 unspecified atom stereocenters. The molecule has 0 aliphatic carbocycles. The number of nitrogens with zero attached hydrogens (tertiary/aromatic N) is 3. The van der Waals surface area contributed by atoms with Gasteiger partial charge in [0.15, 0.2) is 5.69 Å². The van der Waals surface area contributed by atoms with Crippen molar-refractivity contribution in [3.63, 3.8) is 0 Å². The van der Waals surface area contributed by atoms with Crippen LogP contribution in [0.25, 0.3) is 0 Å². The summed E-state index contributed by atoms with van der Waals surface area (Å²) in [5.74, 6) is -1.40. The van der Waals surface area contributed by atoms with Gasteiger partial charge in [-0.1, -0.05) is 6.92 Å². The molecule has 7 heteroatoms. The minimum absolute atomic E-state index is 0.120. The molecule has 1 fully saturated rings. The van der Waals surface area contributed by atoms with E-state index in [1.165, 1.54) is 12.4 Å². The second kappa shape index (κ2) is 5.44. The van der Waals surface area contributed by atoms with Crippen LogP contribution in [0.1, 0.15) is 36.7 Å². The van der Waals surface area contributed by atoms with E-state index in [1.807, 2.05) is 11.8 Å². The highest BCUT2D eigenvalue weighted by molar-refractivity contribution is 5.85. The Hall–Kier alpha value is -2.18. The Kier molecular flexibility index (Phi) is 3.87. The molecule has 1 aromatic rings. The molecule has 0 aromatic carbocycles. The summed E-state index contributed by atoms with van der Waals surface area (Å²) in [6.07, 6.45) is 4.55. The predicted molar refractivity (Wildman–Crippen MR) is 70.8 cm³/mol. The number of aromatic carboxylic acids is 1. The number of hydrogen-bond acceptors (Lipinski definition) is 5. The molecular weight excluding hydrogens is 262 g/mol. The lowest BCUT2D eigenvalue weighted by Gasteiger charge is -2.39. The Bertz CT molecular complexity index is 517. The second-order valence-electron chi connectivity index (χ2n) is 5.03. The van der Waals surface area contributed by atoms with Crippen LogP contribution in [0.2, 0.25) is 0 Å². The number of aliphatic carboxylic acids is 1. The van der Waals surface area contributed by atoms with E-state index < -0.39 is 17.4 Å². The molecule has 2 rings (SSSR count). The smallest absolute Gasteiger partial charge is 0.356 e. The summed E-state index contributed by atoms with van der Waals surface area (Å²) in [5, 5.41) is 18.2. The van der Waals surface area contributed by atoms with E-state index in [0.717, 1.165) is 6.42 Å². The number of carboxylic acids is 2. The van der Waals surface area contributed by atoms with Crippen molar-refractivity contribution < 1.29 is 19.8 Å². The number of piperidine rings is 1. The molecule has 2 heterocycles. The first kappa shape index (κ1) is 14.2. The van der Waals surface area contributed by atoms with Gasteiger partial charge in [-0.2, -0.15) is 0 Å². The summed E-state index contributed by atoms with van der Waals surface area (Å²) < 4.78 is 0. The first-order chi connectivity index (χ1) is 9.48. The fraction of sp³-hybridized carbons (Fsp3) is 0.538. The lowest BCUT2D eigenvalue weighted by molar-refractivity contribution is -0.149. The van der Waals surface area contributed by atoms with Crippen LogP contribution in [0, 0.1) is 5.41 Å². The monoisotopic (exact) mass is 279 g/mol. The average molecular weight is 279 g/mol. The highest BCUT2D eigenvalue weighted by Crippen LogP contribution is 2.35. The fourth-order valence-electron chi connectivity index (χ4n) is 2.54. The number of anilines is 1. The summed E-state index contributed by atoms with van der Waals surface area (Å²) in [5.41, 5.74) is -0.878. The zero-order valence-electron chi connectivity index (χ0n) is 11.2. The molecule has 1 saturated heterocycles. The Morgan fingerprint density at radius 1 is 1.35 bits per heavy atom. The normalized spacial score (nSPS) is 22.6. The third-order valence-corrected chi connectivity index (χ3v) is 3.89. The molecule has 1 aromatic heterocycles. The highest BCUT2D eigenvalue weighted by Gasteiger charge is 2.41. The Morgan fingerprint density at radius 3 is 2.60 bits per heavy atom. The highest BCUT2D eigenvalue weighted by atomic mass is 16.4. The third kappa shape index (κ3) is 2.56. The van der Waals surface area contributed by atoms with Gasteiger partial charge in [0, 0.05) is 13.1 Å². The molecular formula is C13H17N3O4. The molecule has 0 radical (unpaired) electrons. The quantitative estimate of drug-likeness (QED) is 0.854. The van der Waals surface area contributed by atoms with Crippen molar-refractivity contribution in [3.8, 4) is 0 Å². The minimum Gasteiger partial charge on any atom is -0.481 e. The van der Waals surface area contributed by atoms with Gasteiger partial charge in [-0.3, -0.25) is 4.79 Å². The van der Waals surface area contributed by atoms with Crippen LogP contribution < -0.4 is 4.90 Å². The number of aromatic nitrogens is 2. The predicted octanol–water partition coefficient (Wildman–Crippen LogP) is 1.26. The summed E-state index contributed by atoms with van der Waals surface area (Å²) in [6, 6.07) is 0. The number of rotatable bonds is 4. The molecule has 2 N–H and O–H groups in total. The van der Waals surface area contributed by atoms with Crippen LogP contribution in [0.4, 0.5) is 5.82 Å². The van der Waals surface area contributed by atoms with Gasteiger partial charge < -0.3 is 15.1 Å². The van der Waals surface area contributed by atoms with Crippen molar-refractivity contribution in [2.45, 2.75) is 26.2 Å². The van der Waals surface area contributed by atoms with Gasteiger partial charge in [0.2, 0.25) is 0 Å². The molecule has 0 spiro atoms. The zero-order valence-corrected chi connectivity index (χ0v) is 11.2. The van der Waals surface area contributed by atoms with Crippen molar-refractivity contribution >= 4 is 17.8 Å². The lowest BCUT2D eigenvalue weighted by atomic mass is 9.77. The molecule has 0 saturated carbocycles. The van der Waals surface area contributed by atoms with Gasteiger partial charge in [0.1, 0.15) is 5.82 Å². The van der Waals surface area contributed by atoms with Crippen LogP contribution in [-0.4, -0.2) is 45.2 Å². The minimum atomic E-state index is -1.13. The Labute approximate surface area is 116 Å². The van der Waals surface area contributed by atoms with Crippen molar-refractivity contribution in [3.05, 3.63) is 18.1 Å². The van der Waals surface area contributed by atoms with Crippen molar-refractivity contribution in [1.29, 1.82) is 0 Å². The van der Waals surface area contributed by atoms with E-state index in [9.17, 15) is 14.7 Å². The van der Waals surface area contributed by atoms with Gasteiger partial charge in [0.25, 0.3) is 0 Å². The Balaban J connectivity index is 2.20. The Morgan fingerprint density at radius 2 is 2.10 bits per heavy atom. The second-order valence-corrected chi connectivity index (χ2v) is 5.03. The SMILES string of the molecule is CC[C@]1(C(=O)O)CCCN(c2cnc(C(=O)O)cn2)C1. The standard InChI is InChI=1S/C13H17N3O4/c1-2-13(12(19)20)4-3-5-16(8-13)10-7-14-9(6-15-10)11(17)18/h6-7H,2-5,8H2,1H3,(H,17,18)(H,19,20)/t13-/m0/s1. The molecule has 1 aliphatic rings. The zero-order chi connectivity index (χ0) is 14.8. The van der Waals surface area contributed by atoms with E-state index in [1.54, 1.807) is 0 Å². The van der Waals surface area contributed by atoms with Gasteiger partial charge in [-0.15, -0.1) is 0 Å². The van der Waals surface area contributed by atoms with Crippen LogP contribution in [0.3, 0.4) is 0 Å². The first-order valence-corrected chi connectivity index (χ1v) is 6.52. The van der Waals surface area contributed by atoms with Gasteiger partial charge in [-0.25, -0.2) is 14.8 Å². The molecule has 7 nitrogen and oxygen atoms in total. The van der Waals surface area contributed by atoms with Gasteiger partial charge in [0.05, 0.1) is 17.8 Å². The van der Waals surface area contributed by atoms with Crippen molar-refractivity contribution in [2.75, 3.05) is 18.0 Å². The molecule has 0 bridgehead atoms. The molecule has 1 atom stereocenters. The van der Waals surface area contributed by atoms with E-state index in [2.05, 4.69) is 9.97 Å². The maximum Gasteiger partial charge on any atom is 0.356 e. The molecule has 20 heavy (non-hydrogen) atoms. The first-order valence-electron chi connectivity index (χ1n) is 6.52. The van der Waals surface area contributed by atoms with Crippen LogP contribution >= 0.6 is 0 Å². The number of hydrogen-bond donors (Lipinski definition) is 2. The van der Waals surface area contributed by atoms with E-state index >= 15 is 0 Å².